The summed E-state index contributed by atoms with van der Waals surface area (Å²) in [6, 6.07) is 0. The van der Waals surface area contributed by atoms with E-state index in [1.54, 1.807) is 0 Å². The molecule has 0 aliphatic heterocycles. The lowest BCUT2D eigenvalue weighted by molar-refractivity contribution is -0.169. The molecule has 2 aliphatic rings. The van der Waals surface area contributed by atoms with Gasteiger partial charge < -0.3 is 5.11 Å². The maximum atomic E-state index is 11.1. The van der Waals surface area contributed by atoms with Gasteiger partial charge in [-0.05, 0) is 74.0 Å². The van der Waals surface area contributed by atoms with E-state index in [-0.39, 0.29) is 0 Å². The predicted octanol–water partition coefficient (Wildman–Crippen LogP) is 5.54. The minimum Gasteiger partial charge on any atom is -0.390 e. The van der Waals surface area contributed by atoms with Crippen molar-refractivity contribution in [1.82, 2.24) is 0 Å². The molecular weight excluding hydrogens is 256 g/mol. The summed E-state index contributed by atoms with van der Waals surface area (Å²) in [5.74, 6) is 2.53. The minimum atomic E-state index is -0.500. The van der Waals surface area contributed by atoms with Crippen molar-refractivity contribution in [3.8, 4) is 0 Å². The van der Waals surface area contributed by atoms with Crippen LogP contribution in [-0.4, -0.2) is 10.7 Å². The quantitative estimate of drug-likeness (QED) is 0.721. The number of aliphatic hydroxyl groups is 1. The average Bonchev–Trinajstić information content (AvgIpc) is 2.35. The Hall–Kier alpha value is -0.300. The molecule has 1 heteroatoms. The molecule has 2 fully saturated rings. The molecule has 2 rings (SSSR count). The van der Waals surface area contributed by atoms with Gasteiger partial charge in [-0.25, -0.2) is 0 Å². The van der Waals surface area contributed by atoms with Crippen LogP contribution in [0.3, 0.4) is 0 Å². The summed E-state index contributed by atoms with van der Waals surface area (Å²) in [6.07, 6.45) is 10.3. The van der Waals surface area contributed by atoms with Gasteiger partial charge in [0, 0.05) is 0 Å². The van der Waals surface area contributed by atoms with Gasteiger partial charge in [0.2, 0.25) is 0 Å². The van der Waals surface area contributed by atoms with E-state index in [4.69, 9.17) is 0 Å². The first-order valence-corrected chi connectivity index (χ1v) is 8.81. The van der Waals surface area contributed by atoms with E-state index >= 15 is 0 Å². The molecule has 0 aromatic heterocycles. The normalized spacial score (nSPS) is 42.6. The van der Waals surface area contributed by atoms with Crippen LogP contribution in [0.1, 0.15) is 79.6 Å². The van der Waals surface area contributed by atoms with Crippen LogP contribution in [0.2, 0.25) is 0 Å². The van der Waals surface area contributed by atoms with Crippen molar-refractivity contribution in [2.45, 2.75) is 85.2 Å². The number of rotatable bonds is 4. The van der Waals surface area contributed by atoms with Gasteiger partial charge in [0.05, 0.1) is 5.60 Å². The van der Waals surface area contributed by atoms with Crippen LogP contribution in [-0.2, 0) is 0 Å². The van der Waals surface area contributed by atoms with Crippen molar-refractivity contribution < 1.29 is 5.11 Å². The van der Waals surface area contributed by atoms with E-state index in [2.05, 4.69) is 41.2 Å². The Kier molecular flexibility index (Phi) is 4.65. The molecule has 0 saturated heterocycles. The van der Waals surface area contributed by atoms with E-state index < -0.39 is 5.60 Å². The zero-order valence-electron chi connectivity index (χ0n) is 14.8. The molecule has 0 amide bonds. The van der Waals surface area contributed by atoms with Crippen molar-refractivity contribution in [3.05, 3.63) is 18.6 Å². The largest absolute Gasteiger partial charge is 0.390 e. The first kappa shape index (κ1) is 17.1. The van der Waals surface area contributed by atoms with Crippen molar-refractivity contribution in [2.75, 3.05) is 0 Å². The second-order valence-corrected chi connectivity index (χ2v) is 8.94. The number of hydrogen-bond donors (Lipinski definition) is 1. The maximum Gasteiger partial charge on any atom is 0.0653 e. The lowest BCUT2D eigenvalue weighted by atomic mass is 9.45. The van der Waals surface area contributed by atoms with Crippen LogP contribution < -0.4 is 0 Å². The highest BCUT2D eigenvalue weighted by Gasteiger charge is 2.57. The smallest absolute Gasteiger partial charge is 0.0653 e. The van der Waals surface area contributed by atoms with E-state index in [1.807, 2.05) is 6.08 Å². The van der Waals surface area contributed by atoms with Gasteiger partial charge in [-0.3, -0.25) is 0 Å². The summed E-state index contributed by atoms with van der Waals surface area (Å²) in [6.45, 7) is 15.5. The van der Waals surface area contributed by atoms with Gasteiger partial charge in [0.25, 0.3) is 0 Å². The van der Waals surface area contributed by atoms with E-state index in [9.17, 15) is 5.11 Å². The molecule has 0 unspecified atom stereocenters. The third kappa shape index (κ3) is 3.09. The van der Waals surface area contributed by atoms with Crippen molar-refractivity contribution in [2.24, 2.45) is 22.7 Å². The Morgan fingerprint density at radius 3 is 2.48 bits per heavy atom. The van der Waals surface area contributed by atoms with E-state index in [0.29, 0.717) is 16.7 Å². The molecule has 2 aliphatic carbocycles. The van der Waals surface area contributed by atoms with Gasteiger partial charge in [0.1, 0.15) is 0 Å². The van der Waals surface area contributed by atoms with Gasteiger partial charge in [0.15, 0.2) is 0 Å². The highest BCUT2D eigenvalue weighted by molar-refractivity contribution is 5.09. The summed E-state index contributed by atoms with van der Waals surface area (Å²) in [5.41, 5.74) is 0.226. The lowest BCUT2D eigenvalue weighted by Crippen LogP contribution is -2.57. The molecule has 0 aromatic carbocycles. The molecule has 0 heterocycles. The average molecular weight is 291 g/mol. The molecule has 0 aromatic rings. The Morgan fingerprint density at radius 1 is 1.19 bits per heavy atom. The van der Waals surface area contributed by atoms with Gasteiger partial charge in [-0.1, -0.05) is 40.2 Å². The molecule has 121 valence electrons. The highest BCUT2D eigenvalue weighted by atomic mass is 16.3. The Morgan fingerprint density at radius 2 is 1.86 bits per heavy atom. The molecule has 0 spiro atoms. The van der Waals surface area contributed by atoms with Crippen LogP contribution in [0.4, 0.5) is 0 Å². The molecular formula is C20H35O. The predicted molar refractivity (Wildman–Crippen MR) is 90.9 cm³/mol. The van der Waals surface area contributed by atoms with Crippen LogP contribution in [0.5, 0.6) is 0 Å². The molecule has 2 saturated carbocycles. The zero-order valence-corrected chi connectivity index (χ0v) is 14.8. The first-order chi connectivity index (χ1) is 9.63. The molecule has 1 radical (unpaired) electrons. The Balaban J connectivity index is 2.26. The second-order valence-electron chi connectivity index (χ2n) is 8.94. The fourth-order valence-corrected chi connectivity index (χ4v) is 5.74. The Labute approximate surface area is 132 Å². The zero-order chi connectivity index (χ0) is 15.9. The highest BCUT2D eigenvalue weighted by Crippen LogP contribution is 2.63. The summed E-state index contributed by atoms with van der Waals surface area (Å²) >= 11 is 0. The van der Waals surface area contributed by atoms with Gasteiger partial charge in [-0.15, -0.1) is 6.58 Å². The summed E-state index contributed by atoms with van der Waals surface area (Å²) in [5, 5.41) is 11.1. The van der Waals surface area contributed by atoms with Gasteiger partial charge >= 0.3 is 0 Å². The van der Waals surface area contributed by atoms with Crippen molar-refractivity contribution in [3.63, 3.8) is 0 Å². The third-order valence-corrected chi connectivity index (χ3v) is 6.94. The SMILES string of the molecule is C=C[C](C)CC[C@@H]1[C@@]2(C)CCCC(C)(C)[C@@H]2CC[C@]1(C)O. The number of hydrogen-bond acceptors (Lipinski definition) is 1. The van der Waals surface area contributed by atoms with Crippen molar-refractivity contribution in [1.29, 1.82) is 0 Å². The number of allylic oxidation sites excluding steroid dienone is 1. The molecule has 21 heavy (non-hydrogen) atoms. The lowest BCUT2D eigenvalue weighted by Gasteiger charge is -2.61. The monoisotopic (exact) mass is 291 g/mol. The molecule has 1 nitrogen and oxygen atoms in total. The van der Waals surface area contributed by atoms with E-state index in [1.165, 1.54) is 31.6 Å². The van der Waals surface area contributed by atoms with Gasteiger partial charge in [-0.2, -0.15) is 0 Å². The fraction of sp³-hybridized carbons (Fsp3) is 0.850. The third-order valence-electron chi connectivity index (χ3n) is 6.94. The molecule has 1 N–H and O–H groups in total. The minimum absolute atomic E-state index is 0.297. The summed E-state index contributed by atoms with van der Waals surface area (Å²) in [4.78, 5) is 0. The molecule has 4 atom stereocenters. The topological polar surface area (TPSA) is 20.2 Å². The molecule has 0 bridgehead atoms. The fourth-order valence-electron chi connectivity index (χ4n) is 5.74. The summed E-state index contributed by atoms with van der Waals surface area (Å²) in [7, 11) is 0. The second kappa shape index (κ2) is 5.72. The Bertz CT molecular complexity index is 381. The van der Waals surface area contributed by atoms with Crippen LogP contribution in [0.25, 0.3) is 0 Å². The van der Waals surface area contributed by atoms with Crippen LogP contribution in [0, 0.1) is 28.6 Å². The first-order valence-electron chi connectivity index (χ1n) is 8.81. The van der Waals surface area contributed by atoms with Crippen LogP contribution in [0.15, 0.2) is 12.7 Å². The van der Waals surface area contributed by atoms with Crippen LogP contribution >= 0.6 is 0 Å². The summed E-state index contributed by atoms with van der Waals surface area (Å²) < 4.78 is 0. The maximum absolute atomic E-state index is 11.1. The van der Waals surface area contributed by atoms with Crippen molar-refractivity contribution >= 4 is 0 Å². The van der Waals surface area contributed by atoms with E-state index in [0.717, 1.165) is 25.2 Å². The number of fused-ring (bicyclic) bond motifs is 1. The standard InChI is InChI=1S/C20H35O/c1-7-15(2)9-10-17-19(5)13-8-12-18(3,4)16(19)11-14-20(17,6)21/h7,16-17,21H,1,8-14H2,2-6H3/t16-,17+,19-,20-/m0/s1.